The van der Waals surface area contributed by atoms with E-state index in [-0.39, 0.29) is 31.1 Å². The third-order valence-corrected chi connectivity index (χ3v) is 10.1. The first-order valence-electron chi connectivity index (χ1n) is 23.6. The average Bonchev–Trinajstić information content (AvgIpc) is 3.19. The van der Waals surface area contributed by atoms with Crippen LogP contribution in [0.4, 0.5) is 0 Å². The van der Waals surface area contributed by atoms with Crippen molar-refractivity contribution in [1.82, 2.24) is 0 Å². The number of hydrogen-bond acceptors (Lipinski definition) is 6. The summed E-state index contributed by atoms with van der Waals surface area (Å²) >= 11 is 0. The monoisotopic (exact) mass is 785 g/mol. The van der Waals surface area contributed by atoms with Crippen LogP contribution in [0.2, 0.25) is 0 Å². The Kier molecular flexibility index (Phi) is 43.0. The van der Waals surface area contributed by atoms with Crippen molar-refractivity contribution in [2.24, 2.45) is 0 Å². The molecule has 0 aliphatic carbocycles. The largest absolute Gasteiger partial charge is 0.462 e. The van der Waals surface area contributed by atoms with Crippen molar-refractivity contribution in [3.05, 3.63) is 48.6 Å². The van der Waals surface area contributed by atoms with Crippen LogP contribution in [0.1, 0.15) is 233 Å². The quantitative estimate of drug-likeness (QED) is 0.0265. The highest BCUT2D eigenvalue weighted by Crippen LogP contribution is 2.15. The molecule has 0 N–H and O–H groups in total. The molecule has 0 radical (unpaired) electrons. The standard InChI is InChI=1S/C50H88O6/c1-4-7-10-13-16-19-21-23-24-25-26-28-29-31-34-37-40-43-49(52)55-46-47(45-54-48(51)42-39-36-33-18-15-12-9-6-3)56-50(53)44-41-38-35-32-30-27-22-20-17-14-11-8-5-2/h7,10,16,19,23-24,26,28,47H,4-6,8-9,11-15,17-18,20-22,25,27,29-46H2,1-3H3/b10-7-,19-16-,24-23-,28-26-. The molecule has 6 nitrogen and oxygen atoms in total. The molecule has 0 saturated carbocycles. The number of esters is 3. The van der Waals surface area contributed by atoms with Gasteiger partial charge in [0.05, 0.1) is 0 Å². The molecular weight excluding hydrogens is 697 g/mol. The van der Waals surface area contributed by atoms with Crippen molar-refractivity contribution in [3.63, 3.8) is 0 Å². The molecule has 0 spiro atoms. The van der Waals surface area contributed by atoms with Crippen LogP contribution in [0.5, 0.6) is 0 Å². The van der Waals surface area contributed by atoms with Crippen molar-refractivity contribution in [2.45, 2.75) is 239 Å². The van der Waals surface area contributed by atoms with Gasteiger partial charge in [-0.25, -0.2) is 0 Å². The lowest BCUT2D eigenvalue weighted by Gasteiger charge is -2.18. The lowest BCUT2D eigenvalue weighted by atomic mass is 10.0. The fourth-order valence-electron chi connectivity index (χ4n) is 6.55. The normalized spacial score (nSPS) is 12.4. The minimum atomic E-state index is -0.776. The summed E-state index contributed by atoms with van der Waals surface area (Å²) < 4.78 is 16.7. The van der Waals surface area contributed by atoms with Gasteiger partial charge < -0.3 is 14.2 Å². The summed E-state index contributed by atoms with van der Waals surface area (Å²) in [5.74, 6) is -0.904. The van der Waals surface area contributed by atoms with E-state index >= 15 is 0 Å². The molecule has 0 aliphatic heterocycles. The van der Waals surface area contributed by atoms with Gasteiger partial charge in [-0.2, -0.15) is 0 Å². The highest BCUT2D eigenvalue weighted by Gasteiger charge is 2.19. The Balaban J connectivity index is 4.35. The van der Waals surface area contributed by atoms with Gasteiger partial charge in [0.1, 0.15) is 13.2 Å². The van der Waals surface area contributed by atoms with E-state index < -0.39 is 6.10 Å². The van der Waals surface area contributed by atoms with E-state index in [1.807, 2.05) is 0 Å². The SMILES string of the molecule is CC/C=C\C/C=C\C/C=C\C/C=C\CCCCCCC(=O)OCC(COC(=O)CCCCCCCCCC)OC(=O)CCCCCCCCCCCCCCC. The van der Waals surface area contributed by atoms with Crippen molar-refractivity contribution in [2.75, 3.05) is 13.2 Å². The minimum Gasteiger partial charge on any atom is -0.462 e. The fourth-order valence-corrected chi connectivity index (χ4v) is 6.55. The number of carbonyl (C=O) groups is 3. The Labute approximate surface area is 346 Å². The predicted molar refractivity (Wildman–Crippen MR) is 238 cm³/mol. The third-order valence-electron chi connectivity index (χ3n) is 10.1. The van der Waals surface area contributed by atoms with Crippen LogP contribution in [-0.2, 0) is 28.6 Å². The molecule has 0 aromatic carbocycles. The molecule has 1 unspecified atom stereocenters. The molecule has 6 heteroatoms. The highest BCUT2D eigenvalue weighted by atomic mass is 16.6. The maximum atomic E-state index is 12.7. The van der Waals surface area contributed by atoms with Gasteiger partial charge in [-0.05, 0) is 57.8 Å². The zero-order valence-corrected chi connectivity index (χ0v) is 36.9. The highest BCUT2D eigenvalue weighted by molar-refractivity contribution is 5.71. The van der Waals surface area contributed by atoms with Crippen LogP contribution < -0.4 is 0 Å². The van der Waals surface area contributed by atoms with E-state index in [1.54, 1.807) is 0 Å². The molecule has 1 atom stereocenters. The van der Waals surface area contributed by atoms with E-state index in [1.165, 1.54) is 96.3 Å². The molecule has 0 heterocycles. The number of hydrogen-bond donors (Lipinski definition) is 0. The van der Waals surface area contributed by atoms with Crippen molar-refractivity contribution >= 4 is 17.9 Å². The summed E-state index contributed by atoms with van der Waals surface area (Å²) in [6.07, 6.45) is 52.4. The summed E-state index contributed by atoms with van der Waals surface area (Å²) in [6.45, 7) is 6.47. The summed E-state index contributed by atoms with van der Waals surface area (Å²) in [6, 6.07) is 0. The molecule has 56 heavy (non-hydrogen) atoms. The van der Waals surface area contributed by atoms with Crippen LogP contribution in [-0.4, -0.2) is 37.2 Å². The smallest absolute Gasteiger partial charge is 0.306 e. The summed E-state index contributed by atoms with van der Waals surface area (Å²) in [4.78, 5) is 37.7. The molecule has 0 aromatic heterocycles. The van der Waals surface area contributed by atoms with E-state index in [2.05, 4.69) is 69.4 Å². The van der Waals surface area contributed by atoms with Crippen LogP contribution >= 0.6 is 0 Å². The van der Waals surface area contributed by atoms with Crippen molar-refractivity contribution in [1.29, 1.82) is 0 Å². The number of unbranched alkanes of at least 4 members (excludes halogenated alkanes) is 23. The molecular formula is C50H88O6. The molecule has 0 aliphatic rings. The number of rotatable bonds is 42. The number of allylic oxidation sites excluding steroid dienone is 8. The maximum absolute atomic E-state index is 12.7. The van der Waals surface area contributed by atoms with Gasteiger partial charge in [0.2, 0.25) is 0 Å². The zero-order valence-electron chi connectivity index (χ0n) is 36.9. The minimum absolute atomic E-state index is 0.0786. The molecule has 0 fully saturated rings. The van der Waals surface area contributed by atoms with E-state index in [4.69, 9.17) is 14.2 Å². The third kappa shape index (κ3) is 42.5. The van der Waals surface area contributed by atoms with Crippen LogP contribution in [0, 0.1) is 0 Å². The molecule has 0 rings (SSSR count). The Hall–Kier alpha value is -2.63. The first kappa shape index (κ1) is 53.4. The van der Waals surface area contributed by atoms with Crippen LogP contribution in [0.3, 0.4) is 0 Å². The summed E-state index contributed by atoms with van der Waals surface area (Å²) in [5.41, 5.74) is 0. The lowest BCUT2D eigenvalue weighted by Crippen LogP contribution is -2.30. The lowest BCUT2D eigenvalue weighted by molar-refractivity contribution is -0.167. The van der Waals surface area contributed by atoms with Crippen LogP contribution in [0.25, 0.3) is 0 Å². The van der Waals surface area contributed by atoms with E-state index in [0.29, 0.717) is 19.3 Å². The Morgan fingerprint density at radius 2 is 0.696 bits per heavy atom. The van der Waals surface area contributed by atoms with E-state index in [0.717, 1.165) is 96.3 Å². The summed E-state index contributed by atoms with van der Waals surface area (Å²) in [7, 11) is 0. The van der Waals surface area contributed by atoms with Gasteiger partial charge in [0.15, 0.2) is 6.10 Å². The first-order valence-corrected chi connectivity index (χ1v) is 23.6. The fraction of sp³-hybridized carbons (Fsp3) is 0.780. The van der Waals surface area contributed by atoms with Gasteiger partial charge >= 0.3 is 17.9 Å². The second-order valence-corrected chi connectivity index (χ2v) is 15.6. The Bertz CT molecular complexity index is 996. The first-order chi connectivity index (χ1) is 27.5. The Morgan fingerprint density at radius 3 is 1.09 bits per heavy atom. The maximum Gasteiger partial charge on any atom is 0.306 e. The summed E-state index contributed by atoms with van der Waals surface area (Å²) in [5, 5.41) is 0. The van der Waals surface area contributed by atoms with Gasteiger partial charge in [0.25, 0.3) is 0 Å². The van der Waals surface area contributed by atoms with Gasteiger partial charge in [-0.1, -0.05) is 204 Å². The molecule has 324 valence electrons. The number of ether oxygens (including phenoxy) is 3. The van der Waals surface area contributed by atoms with Gasteiger partial charge in [-0.3, -0.25) is 14.4 Å². The second kappa shape index (κ2) is 45.1. The number of carbonyl (C=O) groups excluding carboxylic acids is 3. The molecule has 0 saturated heterocycles. The molecule has 0 aromatic rings. The average molecular weight is 785 g/mol. The van der Waals surface area contributed by atoms with Crippen molar-refractivity contribution in [3.8, 4) is 0 Å². The second-order valence-electron chi connectivity index (χ2n) is 15.6. The van der Waals surface area contributed by atoms with E-state index in [9.17, 15) is 14.4 Å². The topological polar surface area (TPSA) is 78.9 Å². The molecule has 0 amide bonds. The molecule has 0 bridgehead atoms. The van der Waals surface area contributed by atoms with Crippen molar-refractivity contribution < 1.29 is 28.6 Å². The predicted octanol–water partition coefficient (Wildman–Crippen LogP) is 15.1. The Morgan fingerprint density at radius 1 is 0.375 bits per heavy atom. The van der Waals surface area contributed by atoms with Gasteiger partial charge in [0, 0.05) is 19.3 Å². The zero-order chi connectivity index (χ0) is 40.8. The van der Waals surface area contributed by atoms with Gasteiger partial charge in [-0.15, -0.1) is 0 Å². The van der Waals surface area contributed by atoms with Crippen LogP contribution in [0.15, 0.2) is 48.6 Å².